The van der Waals surface area contributed by atoms with Gasteiger partial charge in [0.2, 0.25) is 0 Å². The molecule has 23 heavy (non-hydrogen) atoms. The number of nitrogens with one attached hydrogen (secondary N) is 1. The van der Waals surface area contributed by atoms with Crippen LogP contribution in [0.2, 0.25) is 0 Å². The zero-order valence-corrected chi connectivity index (χ0v) is 12.0. The number of piperidine rings is 1. The van der Waals surface area contributed by atoms with Crippen molar-refractivity contribution in [1.29, 1.82) is 0 Å². The maximum Gasteiger partial charge on any atom is 0.432 e. The summed E-state index contributed by atoms with van der Waals surface area (Å²) in [6, 6.07) is 0. The lowest BCUT2D eigenvalue weighted by molar-refractivity contribution is -0.141. The normalized spacial score (nSPS) is 18.9. The Balaban J connectivity index is 1.73. The number of halogens is 3. The average Bonchev–Trinajstić information content (AvgIpc) is 3.05. The SMILES string of the molecule is O=C(c1cnccn1)N1CCC[C@@H](c2ncc(C(F)(F)F)[nH]2)C1. The zero-order valence-electron chi connectivity index (χ0n) is 12.0. The highest BCUT2D eigenvalue weighted by Gasteiger charge is 2.35. The van der Waals surface area contributed by atoms with E-state index in [0.29, 0.717) is 25.9 Å². The van der Waals surface area contributed by atoms with Gasteiger partial charge >= 0.3 is 6.18 Å². The second-order valence-corrected chi connectivity index (χ2v) is 5.36. The van der Waals surface area contributed by atoms with Crippen LogP contribution in [-0.4, -0.2) is 43.8 Å². The molecule has 1 amide bonds. The minimum atomic E-state index is -4.45. The monoisotopic (exact) mass is 325 g/mol. The predicted octanol–water partition coefficient (Wildman–Crippen LogP) is 2.24. The van der Waals surface area contributed by atoms with Gasteiger partial charge in [-0.15, -0.1) is 0 Å². The number of nitrogens with zero attached hydrogens (tertiary/aromatic N) is 4. The van der Waals surface area contributed by atoms with Crippen molar-refractivity contribution < 1.29 is 18.0 Å². The van der Waals surface area contributed by atoms with Crippen LogP contribution >= 0.6 is 0 Å². The van der Waals surface area contributed by atoms with E-state index in [2.05, 4.69) is 19.9 Å². The Bertz CT molecular complexity index is 685. The number of aromatic amines is 1. The van der Waals surface area contributed by atoms with Crippen molar-refractivity contribution in [3.8, 4) is 0 Å². The molecule has 0 aromatic carbocycles. The van der Waals surface area contributed by atoms with Gasteiger partial charge in [-0.3, -0.25) is 9.78 Å². The number of amides is 1. The number of aromatic nitrogens is 4. The summed E-state index contributed by atoms with van der Waals surface area (Å²) in [5, 5.41) is 0. The molecule has 0 radical (unpaired) electrons. The topological polar surface area (TPSA) is 74.8 Å². The van der Waals surface area contributed by atoms with E-state index < -0.39 is 11.9 Å². The third kappa shape index (κ3) is 3.33. The van der Waals surface area contributed by atoms with Gasteiger partial charge in [0, 0.05) is 31.4 Å². The number of alkyl halides is 3. The van der Waals surface area contributed by atoms with Gasteiger partial charge in [0.05, 0.1) is 12.4 Å². The molecule has 1 saturated heterocycles. The zero-order chi connectivity index (χ0) is 16.4. The quantitative estimate of drug-likeness (QED) is 0.919. The minimum Gasteiger partial charge on any atom is -0.338 e. The highest BCUT2D eigenvalue weighted by Crippen LogP contribution is 2.31. The van der Waals surface area contributed by atoms with Crippen LogP contribution in [0.1, 0.15) is 40.8 Å². The van der Waals surface area contributed by atoms with E-state index in [1.165, 1.54) is 18.6 Å². The molecule has 0 bridgehead atoms. The highest BCUT2D eigenvalue weighted by molar-refractivity contribution is 5.92. The first-order valence-corrected chi connectivity index (χ1v) is 7.12. The van der Waals surface area contributed by atoms with Crippen LogP contribution in [0, 0.1) is 0 Å². The lowest BCUT2D eigenvalue weighted by Crippen LogP contribution is -2.39. The van der Waals surface area contributed by atoms with E-state index in [-0.39, 0.29) is 23.3 Å². The van der Waals surface area contributed by atoms with Crippen LogP contribution in [0.25, 0.3) is 0 Å². The molecule has 122 valence electrons. The number of hydrogen-bond acceptors (Lipinski definition) is 4. The van der Waals surface area contributed by atoms with Gasteiger partial charge in [-0.1, -0.05) is 0 Å². The van der Waals surface area contributed by atoms with E-state index in [1.54, 1.807) is 4.90 Å². The molecule has 0 saturated carbocycles. The fourth-order valence-corrected chi connectivity index (χ4v) is 2.64. The summed E-state index contributed by atoms with van der Waals surface area (Å²) in [7, 11) is 0. The van der Waals surface area contributed by atoms with Crippen molar-refractivity contribution in [3.63, 3.8) is 0 Å². The molecule has 1 aliphatic rings. The molecule has 0 spiro atoms. The summed E-state index contributed by atoms with van der Waals surface area (Å²) in [5.74, 6) is -0.264. The maximum atomic E-state index is 12.6. The van der Waals surface area contributed by atoms with Gasteiger partial charge in [0.15, 0.2) is 0 Å². The molecular formula is C14H14F3N5O. The number of rotatable bonds is 2. The van der Waals surface area contributed by atoms with Crippen LogP contribution in [0.4, 0.5) is 13.2 Å². The highest BCUT2D eigenvalue weighted by atomic mass is 19.4. The number of H-pyrrole nitrogens is 1. The van der Waals surface area contributed by atoms with Crippen LogP contribution in [0.15, 0.2) is 24.8 Å². The Kier molecular flexibility index (Phi) is 4.01. The summed E-state index contributed by atoms with van der Waals surface area (Å²) in [4.78, 5) is 27.9. The summed E-state index contributed by atoms with van der Waals surface area (Å²) in [5.41, 5.74) is -0.645. The smallest absolute Gasteiger partial charge is 0.338 e. The van der Waals surface area contributed by atoms with Crippen LogP contribution in [0.5, 0.6) is 0 Å². The summed E-state index contributed by atoms with van der Waals surface area (Å²) in [6.07, 6.45) is 1.98. The number of hydrogen-bond donors (Lipinski definition) is 1. The van der Waals surface area contributed by atoms with Crippen LogP contribution in [0.3, 0.4) is 0 Å². The Hall–Kier alpha value is -2.45. The van der Waals surface area contributed by atoms with Crippen molar-refractivity contribution in [2.24, 2.45) is 0 Å². The molecule has 1 N–H and O–H groups in total. The number of carbonyl (C=O) groups is 1. The largest absolute Gasteiger partial charge is 0.432 e. The Morgan fingerprint density at radius 3 is 2.74 bits per heavy atom. The van der Waals surface area contributed by atoms with Crippen LogP contribution in [-0.2, 0) is 6.18 Å². The molecule has 0 unspecified atom stereocenters. The molecule has 2 aromatic heterocycles. The first-order valence-electron chi connectivity index (χ1n) is 7.12. The molecular weight excluding hydrogens is 311 g/mol. The van der Waals surface area contributed by atoms with Crippen molar-refractivity contribution in [1.82, 2.24) is 24.8 Å². The molecule has 6 nitrogen and oxygen atoms in total. The van der Waals surface area contributed by atoms with Gasteiger partial charge in [0.1, 0.15) is 17.2 Å². The number of imidazole rings is 1. The minimum absolute atomic E-state index is 0.226. The van der Waals surface area contributed by atoms with Crippen LogP contribution < -0.4 is 0 Å². The molecule has 3 heterocycles. The number of carbonyl (C=O) groups excluding carboxylic acids is 1. The Labute approximate surface area is 129 Å². The Morgan fingerprint density at radius 2 is 2.09 bits per heavy atom. The molecule has 2 aromatic rings. The molecule has 1 fully saturated rings. The van der Waals surface area contributed by atoms with Gasteiger partial charge in [-0.2, -0.15) is 13.2 Å². The third-order valence-electron chi connectivity index (χ3n) is 3.78. The predicted molar refractivity (Wildman–Crippen MR) is 73.5 cm³/mol. The standard InChI is InChI=1S/C14H14F3N5O/c15-14(16,17)11-7-20-12(21-11)9-2-1-5-22(8-9)13(23)10-6-18-3-4-19-10/h3-4,6-7,9H,1-2,5,8H2,(H,20,21)/t9-/m1/s1. The van der Waals surface area contributed by atoms with E-state index in [9.17, 15) is 18.0 Å². The third-order valence-corrected chi connectivity index (χ3v) is 3.78. The van der Waals surface area contributed by atoms with E-state index in [4.69, 9.17) is 0 Å². The second kappa shape index (κ2) is 5.98. The molecule has 1 atom stereocenters. The number of likely N-dealkylation sites (tertiary alicyclic amines) is 1. The molecule has 9 heteroatoms. The van der Waals surface area contributed by atoms with Gasteiger partial charge in [0.25, 0.3) is 5.91 Å². The van der Waals surface area contributed by atoms with Gasteiger partial charge in [-0.25, -0.2) is 9.97 Å². The summed E-state index contributed by atoms with van der Waals surface area (Å²) in [6.45, 7) is 0.846. The van der Waals surface area contributed by atoms with Gasteiger partial charge in [-0.05, 0) is 12.8 Å². The van der Waals surface area contributed by atoms with Crippen molar-refractivity contribution in [2.45, 2.75) is 24.9 Å². The van der Waals surface area contributed by atoms with E-state index >= 15 is 0 Å². The lowest BCUT2D eigenvalue weighted by atomic mass is 9.97. The molecule has 3 rings (SSSR count). The average molecular weight is 325 g/mol. The maximum absolute atomic E-state index is 12.6. The van der Waals surface area contributed by atoms with Crippen molar-refractivity contribution >= 4 is 5.91 Å². The molecule has 1 aliphatic heterocycles. The first kappa shape index (κ1) is 15.4. The Morgan fingerprint density at radius 1 is 1.26 bits per heavy atom. The van der Waals surface area contributed by atoms with Crippen molar-refractivity contribution in [2.75, 3.05) is 13.1 Å². The fraction of sp³-hybridized carbons (Fsp3) is 0.429. The first-order chi connectivity index (χ1) is 10.9. The van der Waals surface area contributed by atoms with Crippen molar-refractivity contribution in [3.05, 3.63) is 42.0 Å². The molecule has 0 aliphatic carbocycles. The summed E-state index contributed by atoms with van der Waals surface area (Å²) < 4.78 is 37.9. The van der Waals surface area contributed by atoms with Gasteiger partial charge < -0.3 is 9.88 Å². The summed E-state index contributed by atoms with van der Waals surface area (Å²) >= 11 is 0. The van der Waals surface area contributed by atoms with E-state index in [0.717, 1.165) is 6.20 Å². The fourth-order valence-electron chi connectivity index (χ4n) is 2.64. The van der Waals surface area contributed by atoms with E-state index in [1.807, 2.05) is 0 Å². The lowest BCUT2D eigenvalue weighted by Gasteiger charge is -2.31. The second-order valence-electron chi connectivity index (χ2n) is 5.36.